The maximum atomic E-state index is 12.2. The Bertz CT molecular complexity index is 565. The number of carbonyl (C=O) groups is 1. The molecule has 1 saturated heterocycles. The van der Waals surface area contributed by atoms with E-state index in [1.807, 2.05) is 25.1 Å². The van der Waals surface area contributed by atoms with Crippen molar-refractivity contribution < 1.29 is 13.2 Å². The number of sulfone groups is 1. The predicted molar refractivity (Wildman–Crippen MR) is 70.3 cm³/mol. The Balaban J connectivity index is 2.13. The molecule has 1 atom stereocenters. The summed E-state index contributed by atoms with van der Waals surface area (Å²) in [7, 11) is -3.05. The molecule has 0 spiro atoms. The molecule has 1 aliphatic heterocycles. The van der Waals surface area contributed by atoms with Crippen LogP contribution < -0.4 is 0 Å². The van der Waals surface area contributed by atoms with Gasteiger partial charge in [-0.25, -0.2) is 8.42 Å². The van der Waals surface area contributed by atoms with Crippen molar-refractivity contribution in [3.63, 3.8) is 0 Å². The molecule has 18 heavy (non-hydrogen) atoms. The van der Waals surface area contributed by atoms with Crippen molar-refractivity contribution in [3.05, 3.63) is 35.4 Å². The normalized spacial score (nSPS) is 20.1. The van der Waals surface area contributed by atoms with Gasteiger partial charge in [0.1, 0.15) is 0 Å². The molecule has 0 bridgehead atoms. The highest BCUT2D eigenvalue weighted by Crippen LogP contribution is 2.19. The van der Waals surface area contributed by atoms with Crippen LogP contribution in [0.15, 0.2) is 24.3 Å². The molecule has 1 unspecified atom stereocenters. The van der Waals surface area contributed by atoms with Crippen molar-refractivity contribution in [3.8, 4) is 0 Å². The molecule has 0 radical (unpaired) electrons. The molecule has 4 nitrogen and oxygen atoms in total. The van der Waals surface area contributed by atoms with Crippen LogP contribution in [0.1, 0.15) is 22.3 Å². The highest BCUT2D eigenvalue weighted by Gasteiger charge is 2.32. The lowest BCUT2D eigenvalue weighted by Gasteiger charge is -2.16. The number of carbonyl (C=O) groups excluding carboxylic acids is 1. The summed E-state index contributed by atoms with van der Waals surface area (Å²) in [6, 6.07) is 7.37. The third kappa shape index (κ3) is 2.72. The summed E-state index contributed by atoms with van der Waals surface area (Å²) in [6.45, 7) is 2.76. The summed E-state index contributed by atoms with van der Waals surface area (Å²) in [6.07, 6.45) is 1.77. The van der Waals surface area contributed by atoms with E-state index in [1.165, 1.54) is 6.26 Å². The molecular weight excluding hydrogens is 250 g/mol. The van der Waals surface area contributed by atoms with E-state index in [0.29, 0.717) is 25.1 Å². The Morgan fingerprint density at radius 3 is 2.67 bits per heavy atom. The van der Waals surface area contributed by atoms with Crippen molar-refractivity contribution in [1.82, 2.24) is 4.90 Å². The summed E-state index contributed by atoms with van der Waals surface area (Å²) in [5.74, 6) is -0.0788. The van der Waals surface area contributed by atoms with E-state index in [0.717, 1.165) is 5.56 Å². The molecular formula is C13H17NO3S. The standard InChI is InChI=1S/C13H17NO3S/c1-10-4-3-5-11(8-10)13(15)14-7-6-12(9-14)18(2,16)17/h3-5,8,12H,6-7,9H2,1-2H3. The summed E-state index contributed by atoms with van der Waals surface area (Å²) in [4.78, 5) is 13.8. The highest BCUT2D eigenvalue weighted by atomic mass is 32.2. The first-order valence-electron chi connectivity index (χ1n) is 5.93. The van der Waals surface area contributed by atoms with E-state index in [-0.39, 0.29) is 5.91 Å². The molecule has 1 heterocycles. The molecule has 0 aromatic heterocycles. The molecule has 1 aromatic carbocycles. The van der Waals surface area contributed by atoms with Gasteiger partial charge in [-0.05, 0) is 25.5 Å². The third-order valence-electron chi connectivity index (χ3n) is 3.30. The zero-order valence-corrected chi connectivity index (χ0v) is 11.4. The highest BCUT2D eigenvalue weighted by molar-refractivity contribution is 7.91. The van der Waals surface area contributed by atoms with Crippen molar-refractivity contribution in [2.45, 2.75) is 18.6 Å². The van der Waals surface area contributed by atoms with Gasteiger partial charge in [0.05, 0.1) is 5.25 Å². The van der Waals surface area contributed by atoms with E-state index in [9.17, 15) is 13.2 Å². The minimum atomic E-state index is -3.05. The second kappa shape index (κ2) is 4.72. The van der Waals surface area contributed by atoms with Gasteiger partial charge in [0.25, 0.3) is 5.91 Å². The number of hydrogen-bond donors (Lipinski definition) is 0. The average Bonchev–Trinajstić information content (AvgIpc) is 2.77. The van der Waals surface area contributed by atoms with Gasteiger partial charge in [-0.3, -0.25) is 4.79 Å². The van der Waals surface area contributed by atoms with Gasteiger partial charge in [-0.2, -0.15) is 0 Å². The predicted octanol–water partition coefficient (Wildman–Crippen LogP) is 1.25. The van der Waals surface area contributed by atoms with Gasteiger partial charge >= 0.3 is 0 Å². The fourth-order valence-electron chi connectivity index (χ4n) is 2.22. The zero-order chi connectivity index (χ0) is 13.3. The van der Waals surface area contributed by atoms with Crippen LogP contribution in [0.3, 0.4) is 0 Å². The third-order valence-corrected chi connectivity index (χ3v) is 4.90. The fourth-order valence-corrected chi connectivity index (χ4v) is 3.21. The van der Waals surface area contributed by atoms with Gasteiger partial charge in [0, 0.05) is 24.9 Å². The molecule has 1 aromatic rings. The van der Waals surface area contributed by atoms with Crippen LogP contribution in [-0.2, 0) is 9.84 Å². The van der Waals surface area contributed by atoms with Crippen molar-refractivity contribution >= 4 is 15.7 Å². The molecule has 98 valence electrons. The first-order valence-corrected chi connectivity index (χ1v) is 7.88. The van der Waals surface area contributed by atoms with Crippen LogP contribution in [0.25, 0.3) is 0 Å². The number of benzene rings is 1. The van der Waals surface area contributed by atoms with Gasteiger partial charge in [-0.1, -0.05) is 17.7 Å². The molecule has 2 rings (SSSR count). The molecule has 1 aliphatic rings. The lowest BCUT2D eigenvalue weighted by molar-refractivity contribution is 0.0793. The maximum absolute atomic E-state index is 12.2. The Kier molecular flexibility index (Phi) is 3.43. The van der Waals surface area contributed by atoms with E-state index in [2.05, 4.69) is 0 Å². The Morgan fingerprint density at radius 1 is 1.39 bits per heavy atom. The Labute approximate surface area is 108 Å². The lowest BCUT2D eigenvalue weighted by atomic mass is 10.1. The number of hydrogen-bond acceptors (Lipinski definition) is 3. The van der Waals surface area contributed by atoms with Crippen LogP contribution in [0.5, 0.6) is 0 Å². The SMILES string of the molecule is Cc1cccc(C(=O)N2CCC(S(C)(=O)=O)C2)c1. The van der Waals surface area contributed by atoms with E-state index in [4.69, 9.17) is 0 Å². The van der Waals surface area contributed by atoms with Crippen LogP contribution in [0.4, 0.5) is 0 Å². The van der Waals surface area contributed by atoms with Crippen molar-refractivity contribution in [2.24, 2.45) is 0 Å². The molecule has 0 aliphatic carbocycles. The van der Waals surface area contributed by atoms with Gasteiger partial charge in [0.2, 0.25) is 0 Å². The topological polar surface area (TPSA) is 54.5 Å². The number of likely N-dealkylation sites (tertiary alicyclic amines) is 1. The molecule has 0 saturated carbocycles. The molecule has 1 amide bonds. The number of amides is 1. The van der Waals surface area contributed by atoms with Crippen LogP contribution in [0.2, 0.25) is 0 Å². The molecule has 5 heteroatoms. The van der Waals surface area contributed by atoms with Gasteiger partial charge in [-0.15, -0.1) is 0 Å². The molecule has 0 N–H and O–H groups in total. The van der Waals surface area contributed by atoms with Crippen LogP contribution >= 0.6 is 0 Å². The minimum Gasteiger partial charge on any atom is -0.337 e. The summed E-state index contributed by atoms with van der Waals surface area (Å²) >= 11 is 0. The largest absolute Gasteiger partial charge is 0.337 e. The van der Waals surface area contributed by atoms with E-state index < -0.39 is 15.1 Å². The summed E-state index contributed by atoms with van der Waals surface area (Å²) in [5, 5.41) is -0.411. The molecule has 1 fully saturated rings. The van der Waals surface area contributed by atoms with Crippen molar-refractivity contribution in [2.75, 3.05) is 19.3 Å². The first-order chi connectivity index (χ1) is 8.38. The van der Waals surface area contributed by atoms with Crippen LogP contribution in [0, 0.1) is 6.92 Å². The number of aryl methyl sites for hydroxylation is 1. The Hall–Kier alpha value is -1.36. The number of nitrogens with zero attached hydrogens (tertiary/aromatic N) is 1. The van der Waals surface area contributed by atoms with Gasteiger partial charge < -0.3 is 4.90 Å². The van der Waals surface area contributed by atoms with E-state index in [1.54, 1.807) is 11.0 Å². The zero-order valence-electron chi connectivity index (χ0n) is 10.6. The number of rotatable bonds is 2. The summed E-state index contributed by atoms with van der Waals surface area (Å²) in [5.41, 5.74) is 1.66. The maximum Gasteiger partial charge on any atom is 0.253 e. The average molecular weight is 267 g/mol. The van der Waals surface area contributed by atoms with Crippen LogP contribution in [-0.4, -0.2) is 43.8 Å². The summed E-state index contributed by atoms with van der Waals surface area (Å²) < 4.78 is 22.9. The first kappa shape index (κ1) is 13.1. The monoisotopic (exact) mass is 267 g/mol. The quantitative estimate of drug-likeness (QED) is 0.810. The lowest BCUT2D eigenvalue weighted by Crippen LogP contribution is -2.31. The van der Waals surface area contributed by atoms with E-state index >= 15 is 0 Å². The Morgan fingerprint density at radius 2 is 2.11 bits per heavy atom. The van der Waals surface area contributed by atoms with Crippen molar-refractivity contribution in [1.29, 1.82) is 0 Å². The minimum absolute atomic E-state index is 0.0788. The van der Waals surface area contributed by atoms with Gasteiger partial charge in [0.15, 0.2) is 9.84 Å². The fraction of sp³-hybridized carbons (Fsp3) is 0.462. The second-order valence-corrected chi connectivity index (χ2v) is 7.19. The smallest absolute Gasteiger partial charge is 0.253 e. The second-order valence-electron chi connectivity index (χ2n) is 4.86.